The summed E-state index contributed by atoms with van der Waals surface area (Å²) < 4.78 is 0. The van der Waals surface area contributed by atoms with Crippen molar-refractivity contribution in [3.05, 3.63) is 23.5 Å². The quantitative estimate of drug-likeness (QED) is 0.679. The third-order valence-electron chi connectivity index (χ3n) is 1.59. The van der Waals surface area contributed by atoms with Gasteiger partial charge in [0.05, 0.1) is 0 Å². The fourth-order valence-corrected chi connectivity index (χ4v) is 0.979. The minimum Gasteiger partial charge on any atom is -0.361 e. The molecule has 0 radical (unpaired) electrons. The molecule has 2 N–H and O–H groups in total. The molecule has 0 aliphatic heterocycles. The maximum atomic E-state index is 3.34. The molecule has 0 atom stereocenters. The van der Waals surface area contributed by atoms with Gasteiger partial charge in [0.25, 0.3) is 0 Å². The SMILES string of the molecule is Cc1ccc(CNC(C)C)[nH]1. The second kappa shape index (κ2) is 3.58. The zero-order valence-electron chi connectivity index (χ0n) is 7.44. The van der Waals surface area contributed by atoms with Gasteiger partial charge in [-0.15, -0.1) is 0 Å². The van der Waals surface area contributed by atoms with Crippen LogP contribution in [0.15, 0.2) is 12.1 Å². The molecule has 0 spiro atoms. The molecule has 0 saturated carbocycles. The molecule has 0 amide bonds. The van der Waals surface area contributed by atoms with Crippen LogP contribution in [0, 0.1) is 6.92 Å². The van der Waals surface area contributed by atoms with Crippen molar-refractivity contribution in [1.82, 2.24) is 10.3 Å². The van der Waals surface area contributed by atoms with Gasteiger partial charge in [0.15, 0.2) is 0 Å². The van der Waals surface area contributed by atoms with Gasteiger partial charge in [-0.3, -0.25) is 0 Å². The van der Waals surface area contributed by atoms with E-state index in [4.69, 9.17) is 0 Å². The number of nitrogens with one attached hydrogen (secondary N) is 2. The summed E-state index contributed by atoms with van der Waals surface area (Å²) in [6, 6.07) is 4.76. The molecule has 1 aromatic heterocycles. The molecule has 1 aromatic rings. The molecular weight excluding hydrogens is 136 g/mol. The zero-order chi connectivity index (χ0) is 8.27. The Morgan fingerprint density at radius 1 is 1.45 bits per heavy atom. The number of H-pyrrole nitrogens is 1. The molecule has 1 rings (SSSR count). The van der Waals surface area contributed by atoms with Crippen LogP contribution in [0.1, 0.15) is 25.2 Å². The van der Waals surface area contributed by atoms with E-state index in [1.165, 1.54) is 11.4 Å². The van der Waals surface area contributed by atoms with Crippen LogP contribution in [-0.2, 0) is 6.54 Å². The summed E-state index contributed by atoms with van der Waals surface area (Å²) in [5.74, 6) is 0. The van der Waals surface area contributed by atoms with E-state index >= 15 is 0 Å². The van der Waals surface area contributed by atoms with Gasteiger partial charge in [0, 0.05) is 24.0 Å². The highest BCUT2D eigenvalue weighted by Crippen LogP contribution is 1.99. The summed E-state index contributed by atoms with van der Waals surface area (Å²) in [5, 5.41) is 3.34. The summed E-state index contributed by atoms with van der Waals surface area (Å²) in [4.78, 5) is 3.27. The van der Waals surface area contributed by atoms with Gasteiger partial charge < -0.3 is 10.3 Å². The Kier molecular flexibility index (Phi) is 2.71. The van der Waals surface area contributed by atoms with Gasteiger partial charge >= 0.3 is 0 Å². The van der Waals surface area contributed by atoms with E-state index in [1.54, 1.807) is 0 Å². The lowest BCUT2D eigenvalue weighted by atomic mass is 10.3. The lowest BCUT2D eigenvalue weighted by molar-refractivity contribution is 0.582. The molecule has 62 valence electrons. The average molecular weight is 152 g/mol. The topological polar surface area (TPSA) is 27.8 Å². The number of hydrogen-bond acceptors (Lipinski definition) is 1. The third kappa shape index (κ3) is 2.76. The molecule has 0 unspecified atom stereocenters. The summed E-state index contributed by atoms with van der Waals surface area (Å²) >= 11 is 0. The molecule has 1 heterocycles. The second-order valence-electron chi connectivity index (χ2n) is 3.20. The highest BCUT2D eigenvalue weighted by atomic mass is 14.9. The first kappa shape index (κ1) is 8.34. The molecule has 2 heteroatoms. The summed E-state index contributed by atoms with van der Waals surface area (Å²) in [6.07, 6.45) is 0. The number of aromatic amines is 1. The predicted molar refractivity (Wildman–Crippen MR) is 47.5 cm³/mol. The molecule has 0 aliphatic carbocycles. The van der Waals surface area contributed by atoms with Gasteiger partial charge in [0.1, 0.15) is 0 Å². The Balaban J connectivity index is 2.39. The molecule has 0 aliphatic rings. The van der Waals surface area contributed by atoms with E-state index < -0.39 is 0 Å². The first-order chi connectivity index (χ1) is 5.18. The van der Waals surface area contributed by atoms with Crippen LogP contribution in [0.2, 0.25) is 0 Å². The standard InChI is InChI=1S/C9H16N2/c1-7(2)10-6-9-5-4-8(3)11-9/h4-5,7,10-11H,6H2,1-3H3. The van der Waals surface area contributed by atoms with E-state index in [9.17, 15) is 0 Å². The maximum absolute atomic E-state index is 3.34. The Hall–Kier alpha value is -0.760. The Labute approximate surface area is 68.0 Å². The van der Waals surface area contributed by atoms with E-state index in [0.29, 0.717) is 6.04 Å². The predicted octanol–water partition coefficient (Wildman–Crippen LogP) is 1.82. The fraction of sp³-hybridized carbons (Fsp3) is 0.556. The fourth-order valence-electron chi connectivity index (χ4n) is 0.979. The van der Waals surface area contributed by atoms with Gasteiger partial charge in [-0.2, -0.15) is 0 Å². The normalized spacial score (nSPS) is 10.9. The summed E-state index contributed by atoms with van der Waals surface area (Å²) in [5.41, 5.74) is 2.49. The van der Waals surface area contributed by atoms with Crippen LogP contribution in [0.5, 0.6) is 0 Å². The van der Waals surface area contributed by atoms with Crippen LogP contribution < -0.4 is 5.32 Å². The molecule has 0 aromatic carbocycles. The minimum absolute atomic E-state index is 0.554. The summed E-state index contributed by atoms with van der Waals surface area (Å²) in [6.45, 7) is 7.30. The van der Waals surface area contributed by atoms with E-state index in [0.717, 1.165) is 6.54 Å². The minimum atomic E-state index is 0.554. The first-order valence-electron chi connectivity index (χ1n) is 4.06. The highest BCUT2D eigenvalue weighted by Gasteiger charge is 1.95. The smallest absolute Gasteiger partial charge is 0.0359 e. The van der Waals surface area contributed by atoms with Crippen LogP contribution in [0.25, 0.3) is 0 Å². The zero-order valence-corrected chi connectivity index (χ0v) is 7.44. The van der Waals surface area contributed by atoms with E-state index in [-0.39, 0.29) is 0 Å². The van der Waals surface area contributed by atoms with Gasteiger partial charge in [-0.05, 0) is 19.1 Å². The van der Waals surface area contributed by atoms with Gasteiger partial charge in [0.2, 0.25) is 0 Å². The third-order valence-corrected chi connectivity index (χ3v) is 1.59. The van der Waals surface area contributed by atoms with Crippen LogP contribution in [0.4, 0.5) is 0 Å². The van der Waals surface area contributed by atoms with Crippen molar-refractivity contribution < 1.29 is 0 Å². The largest absolute Gasteiger partial charge is 0.361 e. The number of rotatable bonds is 3. The average Bonchev–Trinajstić information content (AvgIpc) is 2.31. The molecule has 2 nitrogen and oxygen atoms in total. The molecular formula is C9H16N2. The Bertz CT molecular complexity index is 213. The maximum Gasteiger partial charge on any atom is 0.0359 e. The molecule has 0 fully saturated rings. The van der Waals surface area contributed by atoms with Crippen molar-refractivity contribution in [3.63, 3.8) is 0 Å². The lowest BCUT2D eigenvalue weighted by Gasteiger charge is -2.05. The Morgan fingerprint density at radius 3 is 2.64 bits per heavy atom. The molecule has 0 bridgehead atoms. The molecule has 11 heavy (non-hydrogen) atoms. The van der Waals surface area contributed by atoms with Crippen LogP contribution in [0.3, 0.4) is 0 Å². The van der Waals surface area contributed by atoms with Gasteiger partial charge in [-0.25, -0.2) is 0 Å². The van der Waals surface area contributed by atoms with Crippen molar-refractivity contribution in [1.29, 1.82) is 0 Å². The second-order valence-corrected chi connectivity index (χ2v) is 3.20. The van der Waals surface area contributed by atoms with Crippen LogP contribution >= 0.6 is 0 Å². The highest BCUT2D eigenvalue weighted by molar-refractivity contribution is 5.11. The van der Waals surface area contributed by atoms with Crippen molar-refractivity contribution in [3.8, 4) is 0 Å². The van der Waals surface area contributed by atoms with Crippen molar-refractivity contribution in [2.45, 2.75) is 33.4 Å². The number of hydrogen-bond donors (Lipinski definition) is 2. The Morgan fingerprint density at radius 2 is 2.18 bits per heavy atom. The summed E-state index contributed by atoms with van der Waals surface area (Å²) in [7, 11) is 0. The number of aryl methyl sites for hydroxylation is 1. The van der Waals surface area contributed by atoms with E-state index in [2.05, 4.69) is 43.2 Å². The number of aromatic nitrogens is 1. The molecule has 0 saturated heterocycles. The van der Waals surface area contributed by atoms with Crippen molar-refractivity contribution >= 4 is 0 Å². The van der Waals surface area contributed by atoms with Gasteiger partial charge in [-0.1, -0.05) is 13.8 Å². The lowest BCUT2D eigenvalue weighted by Crippen LogP contribution is -2.21. The monoisotopic (exact) mass is 152 g/mol. The van der Waals surface area contributed by atoms with Crippen molar-refractivity contribution in [2.24, 2.45) is 0 Å². The first-order valence-corrected chi connectivity index (χ1v) is 4.06. The van der Waals surface area contributed by atoms with E-state index in [1.807, 2.05) is 0 Å². The van der Waals surface area contributed by atoms with Crippen LogP contribution in [-0.4, -0.2) is 11.0 Å². The van der Waals surface area contributed by atoms with Crippen molar-refractivity contribution in [2.75, 3.05) is 0 Å².